The summed E-state index contributed by atoms with van der Waals surface area (Å²) in [6.45, 7) is 1.72. The van der Waals surface area contributed by atoms with Crippen LogP contribution in [-0.2, 0) is 0 Å². The highest BCUT2D eigenvalue weighted by molar-refractivity contribution is 5.84. The van der Waals surface area contributed by atoms with Gasteiger partial charge in [-0.15, -0.1) is 10.2 Å². The number of aryl methyl sites for hydroxylation is 1. The number of nitro groups is 1. The minimum Gasteiger partial charge on any atom is -0.476 e. The van der Waals surface area contributed by atoms with Crippen LogP contribution in [-0.4, -0.2) is 26.2 Å². The molecule has 1 N–H and O–H groups in total. The van der Waals surface area contributed by atoms with Crippen molar-refractivity contribution >= 4 is 11.7 Å². The molecule has 20 heavy (non-hydrogen) atoms. The highest BCUT2D eigenvalue weighted by atomic mass is 16.6. The molecular weight excluding hydrogens is 266 g/mol. The van der Waals surface area contributed by atoms with Crippen LogP contribution in [0.2, 0.25) is 0 Å². The largest absolute Gasteiger partial charge is 0.476 e. The molecule has 8 heteroatoms. The van der Waals surface area contributed by atoms with Gasteiger partial charge < -0.3 is 9.84 Å². The third-order valence-electron chi connectivity index (χ3n) is 2.46. The molecule has 8 nitrogen and oxygen atoms in total. The summed E-state index contributed by atoms with van der Waals surface area (Å²) in [5.74, 6) is -0.884. The van der Waals surface area contributed by atoms with Gasteiger partial charge in [0.2, 0.25) is 5.88 Å². The number of hydrogen-bond acceptors (Lipinski definition) is 6. The van der Waals surface area contributed by atoms with Crippen LogP contribution in [0, 0.1) is 17.0 Å². The summed E-state index contributed by atoms with van der Waals surface area (Å²) in [7, 11) is 0. The zero-order valence-electron chi connectivity index (χ0n) is 10.3. The Bertz CT molecular complexity index is 669. The molecule has 0 amide bonds. The molecule has 0 aliphatic carbocycles. The van der Waals surface area contributed by atoms with E-state index < -0.39 is 10.9 Å². The fraction of sp³-hybridized carbons (Fsp3) is 0.0833. The Kier molecular flexibility index (Phi) is 3.56. The fourth-order valence-electron chi connectivity index (χ4n) is 1.41. The highest BCUT2D eigenvalue weighted by Crippen LogP contribution is 2.27. The van der Waals surface area contributed by atoms with Crippen LogP contribution in [0.3, 0.4) is 0 Å². The van der Waals surface area contributed by atoms with Crippen molar-refractivity contribution in [1.29, 1.82) is 0 Å². The molecule has 2 aromatic rings. The Hall–Kier alpha value is -3.03. The molecule has 0 radical (unpaired) electrons. The van der Waals surface area contributed by atoms with E-state index >= 15 is 0 Å². The van der Waals surface area contributed by atoms with E-state index in [4.69, 9.17) is 9.84 Å². The zero-order valence-corrected chi connectivity index (χ0v) is 10.3. The van der Waals surface area contributed by atoms with E-state index in [1.807, 2.05) is 0 Å². The van der Waals surface area contributed by atoms with Crippen molar-refractivity contribution in [2.75, 3.05) is 0 Å². The summed E-state index contributed by atoms with van der Waals surface area (Å²) >= 11 is 0. The number of aromatic carboxylic acids is 1. The van der Waals surface area contributed by atoms with Gasteiger partial charge in [0.15, 0.2) is 5.69 Å². The first-order chi connectivity index (χ1) is 9.47. The number of benzene rings is 1. The maximum atomic E-state index is 10.7. The lowest BCUT2D eigenvalue weighted by Crippen LogP contribution is -2.02. The minimum absolute atomic E-state index is 0.0543. The van der Waals surface area contributed by atoms with Crippen LogP contribution in [0.25, 0.3) is 0 Å². The Balaban J connectivity index is 2.27. The molecule has 102 valence electrons. The van der Waals surface area contributed by atoms with Crippen molar-refractivity contribution < 1.29 is 19.6 Å². The van der Waals surface area contributed by atoms with Gasteiger partial charge in [-0.1, -0.05) is 0 Å². The molecule has 0 unspecified atom stereocenters. The molecular formula is C12H9N3O5. The van der Waals surface area contributed by atoms with Crippen LogP contribution in [0.5, 0.6) is 11.6 Å². The summed E-state index contributed by atoms with van der Waals surface area (Å²) in [6, 6.07) is 6.74. The standard InChI is InChI=1S/C12H9N3O5/c1-7-2-3-8(15(18)19)6-10(7)20-11-5-4-9(12(16)17)13-14-11/h2-6H,1H3,(H,16,17). The Morgan fingerprint density at radius 3 is 2.60 bits per heavy atom. The Morgan fingerprint density at radius 2 is 2.05 bits per heavy atom. The Morgan fingerprint density at radius 1 is 1.30 bits per heavy atom. The molecule has 0 aliphatic heterocycles. The smallest absolute Gasteiger partial charge is 0.356 e. The van der Waals surface area contributed by atoms with Crippen LogP contribution in [0.15, 0.2) is 30.3 Å². The average molecular weight is 275 g/mol. The first kappa shape index (κ1) is 13.4. The number of carboxylic acids is 1. The highest BCUT2D eigenvalue weighted by Gasteiger charge is 2.12. The van der Waals surface area contributed by atoms with Gasteiger partial charge >= 0.3 is 5.97 Å². The van der Waals surface area contributed by atoms with Gasteiger partial charge in [-0.3, -0.25) is 10.1 Å². The van der Waals surface area contributed by atoms with E-state index in [0.717, 1.165) is 0 Å². The SMILES string of the molecule is Cc1ccc([N+](=O)[O-])cc1Oc1ccc(C(=O)O)nn1. The van der Waals surface area contributed by atoms with Crippen LogP contribution < -0.4 is 4.74 Å². The van der Waals surface area contributed by atoms with E-state index in [-0.39, 0.29) is 23.0 Å². The van der Waals surface area contributed by atoms with E-state index in [1.165, 1.54) is 24.3 Å². The molecule has 0 saturated heterocycles. The van der Waals surface area contributed by atoms with Crippen molar-refractivity contribution in [2.24, 2.45) is 0 Å². The second-order valence-electron chi connectivity index (χ2n) is 3.87. The lowest BCUT2D eigenvalue weighted by molar-refractivity contribution is -0.384. The summed E-state index contributed by atoms with van der Waals surface area (Å²) in [5.41, 5.74) is 0.355. The molecule has 0 bridgehead atoms. The molecule has 1 aromatic heterocycles. The summed E-state index contributed by atoms with van der Waals surface area (Å²) in [4.78, 5) is 20.8. The second-order valence-corrected chi connectivity index (χ2v) is 3.87. The molecule has 1 aromatic carbocycles. The van der Waals surface area contributed by atoms with Gasteiger partial charge in [-0.05, 0) is 24.6 Å². The predicted octanol–water partition coefficient (Wildman–Crippen LogP) is 2.18. The topological polar surface area (TPSA) is 115 Å². The number of nitrogens with zero attached hydrogens (tertiary/aromatic N) is 3. The number of carbonyl (C=O) groups is 1. The lowest BCUT2D eigenvalue weighted by Gasteiger charge is -2.06. The maximum Gasteiger partial charge on any atom is 0.356 e. The van der Waals surface area contributed by atoms with E-state index in [0.29, 0.717) is 5.56 Å². The van der Waals surface area contributed by atoms with Crippen molar-refractivity contribution in [3.8, 4) is 11.6 Å². The third kappa shape index (κ3) is 2.86. The number of ether oxygens (including phenoxy) is 1. The maximum absolute atomic E-state index is 10.7. The second kappa shape index (κ2) is 5.31. The Labute approximate surface area is 112 Å². The van der Waals surface area contributed by atoms with Gasteiger partial charge in [-0.2, -0.15) is 0 Å². The van der Waals surface area contributed by atoms with Crippen molar-refractivity contribution in [1.82, 2.24) is 10.2 Å². The number of carboxylic acid groups (broad SMARTS) is 1. The van der Waals surface area contributed by atoms with E-state index in [1.54, 1.807) is 13.0 Å². The molecule has 0 fully saturated rings. The summed E-state index contributed by atoms with van der Waals surface area (Å²) < 4.78 is 5.36. The van der Waals surface area contributed by atoms with Gasteiger partial charge in [0.05, 0.1) is 11.0 Å². The van der Waals surface area contributed by atoms with Crippen LogP contribution in [0.4, 0.5) is 5.69 Å². The van der Waals surface area contributed by atoms with Gasteiger partial charge in [0, 0.05) is 12.1 Å². The average Bonchev–Trinajstić information content (AvgIpc) is 2.41. The quantitative estimate of drug-likeness (QED) is 0.671. The summed E-state index contributed by atoms with van der Waals surface area (Å²) in [6.07, 6.45) is 0. The van der Waals surface area contributed by atoms with Gasteiger partial charge in [-0.25, -0.2) is 4.79 Å². The monoisotopic (exact) mass is 275 g/mol. The minimum atomic E-state index is -1.20. The van der Waals surface area contributed by atoms with E-state index in [9.17, 15) is 14.9 Å². The number of hydrogen-bond donors (Lipinski definition) is 1. The van der Waals surface area contributed by atoms with Crippen LogP contribution >= 0.6 is 0 Å². The molecule has 1 heterocycles. The molecule has 0 saturated carbocycles. The summed E-state index contributed by atoms with van der Waals surface area (Å²) in [5, 5.41) is 26.4. The fourth-order valence-corrected chi connectivity index (χ4v) is 1.41. The van der Waals surface area contributed by atoms with Crippen LogP contribution in [0.1, 0.15) is 16.1 Å². The zero-order chi connectivity index (χ0) is 14.7. The number of aromatic nitrogens is 2. The third-order valence-corrected chi connectivity index (χ3v) is 2.46. The number of nitro benzene ring substituents is 1. The van der Waals surface area contributed by atoms with Gasteiger partial charge in [0.1, 0.15) is 5.75 Å². The van der Waals surface area contributed by atoms with Crippen molar-refractivity contribution in [2.45, 2.75) is 6.92 Å². The normalized spacial score (nSPS) is 10.1. The van der Waals surface area contributed by atoms with Crippen molar-refractivity contribution in [3.05, 3.63) is 51.7 Å². The predicted molar refractivity (Wildman–Crippen MR) is 66.9 cm³/mol. The molecule has 2 rings (SSSR count). The molecule has 0 spiro atoms. The molecule has 0 atom stereocenters. The first-order valence-electron chi connectivity index (χ1n) is 5.47. The van der Waals surface area contributed by atoms with Crippen molar-refractivity contribution in [3.63, 3.8) is 0 Å². The number of non-ortho nitro benzene ring substituents is 1. The van der Waals surface area contributed by atoms with Gasteiger partial charge in [0.25, 0.3) is 5.69 Å². The molecule has 0 aliphatic rings. The first-order valence-corrected chi connectivity index (χ1v) is 5.47. The lowest BCUT2D eigenvalue weighted by atomic mass is 10.2. The number of rotatable bonds is 4. The van der Waals surface area contributed by atoms with E-state index in [2.05, 4.69) is 10.2 Å².